The van der Waals surface area contributed by atoms with Crippen molar-refractivity contribution >= 4 is 0 Å². The summed E-state index contributed by atoms with van der Waals surface area (Å²) < 4.78 is 21.0. The van der Waals surface area contributed by atoms with Crippen LogP contribution >= 0.6 is 0 Å². The highest BCUT2D eigenvalue weighted by atomic mass is 16.7. The largest absolute Gasteiger partial charge is 0.497 e. The average Bonchev–Trinajstić information content (AvgIpc) is 2.59. The Morgan fingerprint density at radius 2 is 1.96 bits per heavy atom. The van der Waals surface area contributed by atoms with Crippen molar-refractivity contribution in [3.8, 4) is 5.75 Å². The molecule has 2 atom stereocenters. The third-order valence-corrected chi connectivity index (χ3v) is 3.18. The minimum absolute atomic E-state index is 0.121. The van der Waals surface area contributed by atoms with Crippen LogP contribution in [0.5, 0.6) is 5.75 Å². The highest BCUT2D eigenvalue weighted by Crippen LogP contribution is 2.12. The molecule has 0 radical (unpaired) electrons. The zero-order valence-corrected chi connectivity index (χ0v) is 13.8. The standard InChI is InChI=1S/C18H26O5/c1-4-5-6-18(23-14-20-2)17(19)11-12-22-13-15-7-9-16(21-3)10-8-15/h4-10,17-19H,1,11-14H2,2-3H3/b6-5-/t17-,18-/m0/s1. The van der Waals surface area contributed by atoms with Gasteiger partial charge in [-0.1, -0.05) is 36.9 Å². The first-order valence-electron chi connectivity index (χ1n) is 7.49. The zero-order valence-electron chi connectivity index (χ0n) is 13.8. The molecule has 1 N–H and O–H groups in total. The molecule has 0 bridgehead atoms. The lowest BCUT2D eigenvalue weighted by Crippen LogP contribution is -2.29. The number of methoxy groups -OCH3 is 2. The van der Waals surface area contributed by atoms with Crippen molar-refractivity contribution in [2.75, 3.05) is 27.6 Å². The van der Waals surface area contributed by atoms with Crippen LogP contribution in [0.2, 0.25) is 0 Å². The molecule has 0 aliphatic heterocycles. The molecular formula is C18H26O5. The number of rotatable bonds is 12. The van der Waals surface area contributed by atoms with E-state index in [1.807, 2.05) is 24.3 Å². The lowest BCUT2D eigenvalue weighted by Gasteiger charge is -2.20. The summed E-state index contributed by atoms with van der Waals surface area (Å²) in [7, 11) is 3.17. The lowest BCUT2D eigenvalue weighted by molar-refractivity contribution is -0.0981. The molecule has 23 heavy (non-hydrogen) atoms. The summed E-state index contributed by atoms with van der Waals surface area (Å²) in [4.78, 5) is 0. The quantitative estimate of drug-likeness (QED) is 0.364. The average molecular weight is 322 g/mol. The summed E-state index contributed by atoms with van der Waals surface area (Å²) in [6.07, 6.45) is 4.47. The van der Waals surface area contributed by atoms with Crippen LogP contribution in [-0.4, -0.2) is 44.9 Å². The van der Waals surface area contributed by atoms with E-state index >= 15 is 0 Å². The fraction of sp³-hybridized carbons (Fsp3) is 0.444. The summed E-state index contributed by atoms with van der Waals surface area (Å²) in [6.45, 7) is 4.65. The SMILES string of the molecule is C=C/C=C\[C@H](OCOC)[C@@H](O)CCOCc1ccc(OC)cc1. The summed E-state index contributed by atoms with van der Waals surface area (Å²) in [5.41, 5.74) is 1.05. The van der Waals surface area contributed by atoms with Crippen LogP contribution in [0.4, 0.5) is 0 Å². The van der Waals surface area contributed by atoms with Gasteiger partial charge in [0.1, 0.15) is 18.6 Å². The van der Waals surface area contributed by atoms with Gasteiger partial charge in [0.2, 0.25) is 0 Å². The molecule has 1 rings (SSSR count). The molecule has 0 aliphatic carbocycles. The monoisotopic (exact) mass is 322 g/mol. The smallest absolute Gasteiger partial charge is 0.147 e. The van der Waals surface area contributed by atoms with Gasteiger partial charge in [-0.2, -0.15) is 0 Å². The third-order valence-electron chi connectivity index (χ3n) is 3.18. The Morgan fingerprint density at radius 3 is 2.57 bits per heavy atom. The highest BCUT2D eigenvalue weighted by Gasteiger charge is 2.16. The van der Waals surface area contributed by atoms with Crippen molar-refractivity contribution in [3.63, 3.8) is 0 Å². The topological polar surface area (TPSA) is 57.2 Å². The second-order valence-electron chi connectivity index (χ2n) is 4.92. The molecule has 0 aromatic heterocycles. The van der Waals surface area contributed by atoms with Gasteiger partial charge in [0.05, 0.1) is 19.8 Å². The fourth-order valence-corrected chi connectivity index (χ4v) is 1.91. The number of ether oxygens (including phenoxy) is 4. The predicted octanol–water partition coefficient (Wildman–Crippen LogP) is 2.69. The maximum absolute atomic E-state index is 10.2. The first kappa shape index (κ1) is 19.4. The Labute approximate surface area is 138 Å². The first-order chi connectivity index (χ1) is 11.2. The summed E-state index contributed by atoms with van der Waals surface area (Å²) in [5.74, 6) is 0.816. The molecule has 0 aliphatic rings. The molecule has 0 saturated heterocycles. The van der Waals surface area contributed by atoms with E-state index in [1.54, 1.807) is 32.4 Å². The van der Waals surface area contributed by atoms with Crippen LogP contribution in [0.15, 0.2) is 49.1 Å². The van der Waals surface area contributed by atoms with Crippen molar-refractivity contribution in [2.24, 2.45) is 0 Å². The van der Waals surface area contributed by atoms with E-state index in [0.717, 1.165) is 11.3 Å². The van der Waals surface area contributed by atoms with Crippen molar-refractivity contribution in [1.82, 2.24) is 0 Å². The number of benzene rings is 1. The van der Waals surface area contributed by atoms with Crippen LogP contribution in [0.3, 0.4) is 0 Å². The molecule has 5 nitrogen and oxygen atoms in total. The van der Waals surface area contributed by atoms with Gasteiger partial charge in [-0.05, 0) is 24.1 Å². The highest BCUT2D eigenvalue weighted by molar-refractivity contribution is 5.26. The van der Waals surface area contributed by atoms with Gasteiger partial charge in [-0.25, -0.2) is 0 Å². The fourth-order valence-electron chi connectivity index (χ4n) is 1.91. The maximum atomic E-state index is 10.2. The van der Waals surface area contributed by atoms with E-state index < -0.39 is 12.2 Å². The summed E-state index contributed by atoms with van der Waals surface area (Å²) in [6, 6.07) is 7.68. The Balaban J connectivity index is 2.33. The number of aliphatic hydroxyl groups is 1. The van der Waals surface area contributed by atoms with Crippen molar-refractivity contribution in [3.05, 3.63) is 54.6 Å². The molecular weight excluding hydrogens is 296 g/mol. The molecule has 1 aromatic carbocycles. The molecule has 0 fully saturated rings. The van der Waals surface area contributed by atoms with Crippen molar-refractivity contribution < 1.29 is 24.1 Å². The van der Waals surface area contributed by atoms with Crippen LogP contribution < -0.4 is 4.74 Å². The van der Waals surface area contributed by atoms with E-state index in [9.17, 15) is 5.11 Å². The van der Waals surface area contributed by atoms with Gasteiger partial charge in [-0.3, -0.25) is 0 Å². The van der Waals surface area contributed by atoms with Gasteiger partial charge >= 0.3 is 0 Å². The van der Waals surface area contributed by atoms with Gasteiger partial charge < -0.3 is 24.1 Å². The number of hydrogen-bond acceptors (Lipinski definition) is 5. The molecule has 128 valence electrons. The third kappa shape index (κ3) is 7.95. The van der Waals surface area contributed by atoms with Crippen LogP contribution in [-0.2, 0) is 20.8 Å². The van der Waals surface area contributed by atoms with Gasteiger partial charge in [0, 0.05) is 13.7 Å². The maximum Gasteiger partial charge on any atom is 0.147 e. The lowest BCUT2D eigenvalue weighted by atomic mass is 10.1. The van der Waals surface area contributed by atoms with Gasteiger partial charge in [0.25, 0.3) is 0 Å². The van der Waals surface area contributed by atoms with E-state index in [-0.39, 0.29) is 6.79 Å². The Hall–Kier alpha value is -1.66. The van der Waals surface area contributed by atoms with Crippen LogP contribution in [0, 0.1) is 0 Å². The van der Waals surface area contributed by atoms with E-state index in [2.05, 4.69) is 6.58 Å². The van der Waals surface area contributed by atoms with Crippen molar-refractivity contribution in [2.45, 2.75) is 25.2 Å². The summed E-state index contributed by atoms with van der Waals surface area (Å²) >= 11 is 0. The second kappa shape index (κ2) is 11.8. The van der Waals surface area contributed by atoms with E-state index in [1.165, 1.54) is 0 Å². The number of aliphatic hydroxyl groups excluding tert-OH is 1. The van der Waals surface area contributed by atoms with Crippen LogP contribution in [0.25, 0.3) is 0 Å². The molecule has 0 spiro atoms. The summed E-state index contributed by atoms with van der Waals surface area (Å²) in [5, 5.41) is 10.2. The van der Waals surface area contributed by atoms with Gasteiger partial charge in [0.15, 0.2) is 0 Å². The minimum Gasteiger partial charge on any atom is -0.497 e. The zero-order chi connectivity index (χ0) is 16.9. The molecule has 1 aromatic rings. The number of allylic oxidation sites excluding steroid dienone is 2. The molecule has 5 heteroatoms. The molecule has 0 amide bonds. The van der Waals surface area contributed by atoms with E-state index in [0.29, 0.717) is 19.6 Å². The second-order valence-corrected chi connectivity index (χ2v) is 4.92. The predicted molar refractivity (Wildman–Crippen MR) is 89.4 cm³/mol. The van der Waals surface area contributed by atoms with Crippen molar-refractivity contribution in [1.29, 1.82) is 0 Å². The molecule has 0 unspecified atom stereocenters. The normalized spacial score (nSPS) is 13.9. The molecule has 0 saturated carbocycles. The molecule has 0 heterocycles. The van der Waals surface area contributed by atoms with E-state index in [4.69, 9.17) is 18.9 Å². The Kier molecular flexibility index (Phi) is 9.99. The first-order valence-corrected chi connectivity index (χ1v) is 7.49. The Morgan fingerprint density at radius 1 is 1.22 bits per heavy atom. The van der Waals surface area contributed by atoms with Gasteiger partial charge in [-0.15, -0.1) is 0 Å². The minimum atomic E-state index is -0.669. The Bertz CT molecular complexity index is 455. The van der Waals surface area contributed by atoms with Crippen LogP contribution in [0.1, 0.15) is 12.0 Å². The number of hydrogen-bond donors (Lipinski definition) is 1.